The lowest BCUT2D eigenvalue weighted by atomic mass is 10.2. The molecule has 0 saturated carbocycles. The molecule has 0 unspecified atom stereocenters. The Bertz CT molecular complexity index is 361. The number of rotatable bonds is 5. The molecule has 1 aromatic carbocycles. The summed E-state index contributed by atoms with van der Waals surface area (Å²) in [6, 6.07) is 5.55. The van der Waals surface area contributed by atoms with Gasteiger partial charge in [0.1, 0.15) is 6.10 Å². The quantitative estimate of drug-likeness (QED) is 0.568. The fourth-order valence-electron chi connectivity index (χ4n) is 1.15. The average molecular weight is 223 g/mol. The van der Waals surface area contributed by atoms with Crippen molar-refractivity contribution >= 4 is 6.21 Å². The molecule has 16 heavy (non-hydrogen) atoms. The Kier molecular flexibility index (Phi) is 4.64. The van der Waals surface area contributed by atoms with Crippen LogP contribution in [-0.2, 0) is 4.84 Å². The van der Waals surface area contributed by atoms with Crippen molar-refractivity contribution in [2.45, 2.75) is 20.0 Å². The van der Waals surface area contributed by atoms with Gasteiger partial charge >= 0.3 is 0 Å². The third-order valence-electron chi connectivity index (χ3n) is 1.88. The molecule has 4 heteroatoms. The number of hydrogen-bond donors (Lipinski definition) is 0. The summed E-state index contributed by atoms with van der Waals surface area (Å²) in [5.41, 5.74) is 0.901. The molecule has 0 N–H and O–H groups in total. The van der Waals surface area contributed by atoms with Crippen LogP contribution in [0.2, 0.25) is 0 Å². The molecule has 0 aliphatic heterocycles. The van der Waals surface area contributed by atoms with Crippen molar-refractivity contribution in [3.8, 4) is 11.5 Å². The fourth-order valence-corrected chi connectivity index (χ4v) is 1.15. The van der Waals surface area contributed by atoms with Crippen molar-refractivity contribution in [3.63, 3.8) is 0 Å². The van der Waals surface area contributed by atoms with E-state index in [1.165, 1.54) is 0 Å². The van der Waals surface area contributed by atoms with E-state index in [0.717, 1.165) is 5.56 Å². The van der Waals surface area contributed by atoms with Gasteiger partial charge in [-0.3, -0.25) is 0 Å². The predicted molar refractivity (Wildman–Crippen MR) is 63.4 cm³/mol. The van der Waals surface area contributed by atoms with Gasteiger partial charge in [-0.15, -0.1) is 0 Å². The van der Waals surface area contributed by atoms with Crippen molar-refractivity contribution in [3.05, 3.63) is 23.8 Å². The second-order valence-corrected chi connectivity index (χ2v) is 3.50. The molecule has 1 rings (SSSR count). The van der Waals surface area contributed by atoms with Gasteiger partial charge in [0.2, 0.25) is 0 Å². The van der Waals surface area contributed by atoms with Crippen LogP contribution >= 0.6 is 0 Å². The highest BCUT2D eigenvalue weighted by Gasteiger charge is 2.02. The van der Waals surface area contributed by atoms with Crippen LogP contribution in [0.15, 0.2) is 23.4 Å². The zero-order valence-corrected chi connectivity index (χ0v) is 10.1. The SMILES string of the molecule is COc1ccc(/C=N/OC(C)C)cc1OC. The lowest BCUT2D eigenvalue weighted by molar-refractivity contribution is 0.0873. The first-order valence-corrected chi connectivity index (χ1v) is 5.08. The molecule has 0 amide bonds. The minimum atomic E-state index is 0.0800. The normalized spacial score (nSPS) is 10.8. The van der Waals surface area contributed by atoms with E-state index in [4.69, 9.17) is 14.3 Å². The van der Waals surface area contributed by atoms with Crippen LogP contribution in [0.5, 0.6) is 11.5 Å². The van der Waals surface area contributed by atoms with Gasteiger partial charge in [-0.1, -0.05) is 5.16 Å². The number of methoxy groups -OCH3 is 2. The number of ether oxygens (including phenoxy) is 2. The van der Waals surface area contributed by atoms with Gasteiger partial charge < -0.3 is 14.3 Å². The summed E-state index contributed by atoms with van der Waals surface area (Å²) in [7, 11) is 3.21. The van der Waals surface area contributed by atoms with Crippen LogP contribution in [0.1, 0.15) is 19.4 Å². The molecule has 0 bridgehead atoms. The smallest absolute Gasteiger partial charge is 0.161 e. The van der Waals surface area contributed by atoms with Gasteiger partial charge in [0.25, 0.3) is 0 Å². The molecule has 0 heterocycles. The van der Waals surface area contributed by atoms with Crippen LogP contribution in [-0.4, -0.2) is 26.5 Å². The third-order valence-corrected chi connectivity index (χ3v) is 1.88. The van der Waals surface area contributed by atoms with Crippen LogP contribution in [0, 0.1) is 0 Å². The molecular formula is C12H17NO3. The first kappa shape index (κ1) is 12.4. The van der Waals surface area contributed by atoms with E-state index >= 15 is 0 Å². The maximum absolute atomic E-state index is 5.18. The van der Waals surface area contributed by atoms with Crippen LogP contribution in [0.25, 0.3) is 0 Å². The molecule has 0 atom stereocenters. The monoisotopic (exact) mass is 223 g/mol. The summed E-state index contributed by atoms with van der Waals surface area (Å²) >= 11 is 0. The van der Waals surface area contributed by atoms with Gasteiger partial charge in [0, 0.05) is 5.56 Å². The first-order valence-electron chi connectivity index (χ1n) is 5.08. The highest BCUT2D eigenvalue weighted by Crippen LogP contribution is 2.26. The highest BCUT2D eigenvalue weighted by molar-refractivity contribution is 5.80. The molecule has 0 saturated heterocycles. The molecule has 4 nitrogen and oxygen atoms in total. The van der Waals surface area contributed by atoms with Crippen molar-refractivity contribution in [1.29, 1.82) is 0 Å². The largest absolute Gasteiger partial charge is 0.493 e. The molecule has 0 aromatic heterocycles. The maximum Gasteiger partial charge on any atom is 0.161 e. The standard InChI is InChI=1S/C12H17NO3/c1-9(2)16-13-8-10-5-6-11(14-3)12(7-10)15-4/h5-9H,1-4H3/b13-8+. The van der Waals surface area contributed by atoms with E-state index in [2.05, 4.69) is 5.16 Å². The third kappa shape index (κ3) is 3.46. The molecule has 0 aliphatic rings. The fraction of sp³-hybridized carbons (Fsp3) is 0.417. The molecule has 0 radical (unpaired) electrons. The van der Waals surface area contributed by atoms with E-state index in [1.54, 1.807) is 20.4 Å². The Morgan fingerprint density at radius 3 is 2.38 bits per heavy atom. The number of nitrogens with zero attached hydrogens (tertiary/aromatic N) is 1. The number of oxime groups is 1. The van der Waals surface area contributed by atoms with Gasteiger partial charge in [0.05, 0.1) is 20.4 Å². The molecule has 1 aromatic rings. The van der Waals surface area contributed by atoms with Crippen LogP contribution in [0.3, 0.4) is 0 Å². The molecular weight excluding hydrogens is 206 g/mol. The lowest BCUT2D eigenvalue weighted by Gasteiger charge is -2.07. The van der Waals surface area contributed by atoms with E-state index in [0.29, 0.717) is 11.5 Å². The van der Waals surface area contributed by atoms with Gasteiger partial charge in [-0.05, 0) is 32.0 Å². The summed E-state index contributed by atoms with van der Waals surface area (Å²) in [6.07, 6.45) is 1.72. The van der Waals surface area contributed by atoms with E-state index in [1.807, 2.05) is 32.0 Å². The van der Waals surface area contributed by atoms with E-state index in [-0.39, 0.29) is 6.10 Å². The second-order valence-electron chi connectivity index (χ2n) is 3.50. The molecule has 0 spiro atoms. The summed E-state index contributed by atoms with van der Waals surface area (Å²) in [5, 5.41) is 3.85. The maximum atomic E-state index is 5.18. The van der Waals surface area contributed by atoms with Gasteiger partial charge in [0.15, 0.2) is 11.5 Å². The Labute approximate surface area is 95.8 Å². The molecule has 0 aliphatic carbocycles. The average Bonchev–Trinajstić information content (AvgIpc) is 2.28. The van der Waals surface area contributed by atoms with E-state index in [9.17, 15) is 0 Å². The zero-order chi connectivity index (χ0) is 12.0. The lowest BCUT2D eigenvalue weighted by Crippen LogP contribution is -1.96. The van der Waals surface area contributed by atoms with Gasteiger partial charge in [-0.2, -0.15) is 0 Å². The highest BCUT2D eigenvalue weighted by atomic mass is 16.6. The van der Waals surface area contributed by atoms with Crippen LogP contribution < -0.4 is 9.47 Å². The zero-order valence-electron chi connectivity index (χ0n) is 10.1. The Balaban J connectivity index is 2.78. The topological polar surface area (TPSA) is 40.0 Å². The Hall–Kier alpha value is -1.71. The second kappa shape index (κ2) is 6.00. The first-order chi connectivity index (χ1) is 7.67. The van der Waals surface area contributed by atoms with Crippen molar-refractivity contribution in [1.82, 2.24) is 0 Å². The van der Waals surface area contributed by atoms with E-state index < -0.39 is 0 Å². The summed E-state index contributed by atoms with van der Waals surface area (Å²) in [6.45, 7) is 3.85. The van der Waals surface area contributed by atoms with Crippen molar-refractivity contribution < 1.29 is 14.3 Å². The van der Waals surface area contributed by atoms with Gasteiger partial charge in [-0.25, -0.2) is 0 Å². The minimum absolute atomic E-state index is 0.0800. The minimum Gasteiger partial charge on any atom is -0.493 e. The predicted octanol–water partition coefficient (Wildman–Crippen LogP) is 2.46. The Morgan fingerprint density at radius 2 is 1.81 bits per heavy atom. The number of hydrogen-bond acceptors (Lipinski definition) is 4. The van der Waals surface area contributed by atoms with Crippen LogP contribution in [0.4, 0.5) is 0 Å². The number of benzene rings is 1. The van der Waals surface area contributed by atoms with Crippen molar-refractivity contribution in [2.24, 2.45) is 5.16 Å². The summed E-state index contributed by atoms with van der Waals surface area (Å²) < 4.78 is 10.3. The molecule has 88 valence electrons. The summed E-state index contributed by atoms with van der Waals surface area (Å²) in [4.78, 5) is 5.07. The molecule has 0 fully saturated rings. The summed E-state index contributed by atoms with van der Waals surface area (Å²) in [5.74, 6) is 1.38. The Morgan fingerprint density at radius 1 is 1.12 bits per heavy atom. The van der Waals surface area contributed by atoms with Crippen molar-refractivity contribution in [2.75, 3.05) is 14.2 Å².